The summed E-state index contributed by atoms with van der Waals surface area (Å²) in [5.41, 5.74) is 0.590. The standard InChI is InChI=1S/C14H20BrNO3/c1-14(2,13(17)19-4)9-16-8-10-5-6-12(18-3)11(15)7-10/h5-7,16H,8-9H2,1-4H3. The quantitative estimate of drug-likeness (QED) is 0.815. The Hall–Kier alpha value is -1.07. The van der Waals surface area contributed by atoms with Gasteiger partial charge in [0.15, 0.2) is 0 Å². The Kier molecular flexibility index (Phi) is 5.82. The summed E-state index contributed by atoms with van der Waals surface area (Å²) in [6.07, 6.45) is 0. The number of nitrogens with one attached hydrogen (secondary N) is 1. The first-order valence-corrected chi connectivity index (χ1v) is 6.81. The molecule has 0 radical (unpaired) electrons. The maximum atomic E-state index is 11.5. The number of hydrogen-bond acceptors (Lipinski definition) is 4. The van der Waals surface area contributed by atoms with Gasteiger partial charge in [-0.25, -0.2) is 0 Å². The zero-order valence-corrected chi connectivity index (χ0v) is 13.3. The van der Waals surface area contributed by atoms with Crippen LogP contribution in [-0.4, -0.2) is 26.7 Å². The molecule has 0 aliphatic carbocycles. The van der Waals surface area contributed by atoms with Crippen molar-refractivity contribution < 1.29 is 14.3 Å². The number of ether oxygens (including phenoxy) is 2. The van der Waals surface area contributed by atoms with Gasteiger partial charge < -0.3 is 14.8 Å². The first kappa shape index (κ1) is 16.0. The second-order valence-electron chi connectivity index (χ2n) is 4.95. The minimum atomic E-state index is -0.529. The lowest BCUT2D eigenvalue weighted by Crippen LogP contribution is -2.36. The third-order valence-corrected chi connectivity index (χ3v) is 3.47. The van der Waals surface area contributed by atoms with E-state index in [4.69, 9.17) is 9.47 Å². The van der Waals surface area contributed by atoms with Crippen LogP contribution in [0.2, 0.25) is 0 Å². The average molecular weight is 330 g/mol. The molecular weight excluding hydrogens is 310 g/mol. The molecular formula is C14H20BrNO3. The predicted molar refractivity (Wildman–Crippen MR) is 78.2 cm³/mol. The Labute approximate surface area is 122 Å². The Morgan fingerprint density at radius 1 is 1.37 bits per heavy atom. The summed E-state index contributed by atoms with van der Waals surface area (Å²) in [6.45, 7) is 4.96. The number of rotatable bonds is 6. The molecule has 1 N–H and O–H groups in total. The largest absolute Gasteiger partial charge is 0.496 e. The molecule has 1 rings (SSSR count). The number of benzene rings is 1. The lowest BCUT2D eigenvalue weighted by Gasteiger charge is -2.21. The SMILES string of the molecule is COC(=O)C(C)(C)CNCc1ccc(OC)c(Br)c1. The number of esters is 1. The molecule has 0 amide bonds. The fraction of sp³-hybridized carbons (Fsp3) is 0.500. The van der Waals surface area contributed by atoms with Gasteiger partial charge in [0.25, 0.3) is 0 Å². The van der Waals surface area contributed by atoms with E-state index in [1.165, 1.54) is 7.11 Å². The van der Waals surface area contributed by atoms with Crippen LogP contribution < -0.4 is 10.1 Å². The van der Waals surface area contributed by atoms with Gasteiger partial charge in [-0.15, -0.1) is 0 Å². The number of hydrogen-bond donors (Lipinski definition) is 1. The molecule has 0 atom stereocenters. The van der Waals surface area contributed by atoms with Crippen LogP contribution in [0.4, 0.5) is 0 Å². The van der Waals surface area contributed by atoms with Gasteiger partial charge in [-0.2, -0.15) is 0 Å². The fourth-order valence-electron chi connectivity index (χ4n) is 1.69. The average Bonchev–Trinajstić information content (AvgIpc) is 2.37. The zero-order valence-electron chi connectivity index (χ0n) is 11.7. The summed E-state index contributed by atoms with van der Waals surface area (Å²) in [5.74, 6) is 0.592. The highest BCUT2D eigenvalue weighted by atomic mass is 79.9. The van der Waals surface area contributed by atoms with E-state index in [2.05, 4.69) is 21.2 Å². The monoisotopic (exact) mass is 329 g/mol. The molecule has 0 aliphatic heterocycles. The smallest absolute Gasteiger partial charge is 0.312 e. The number of carbonyl (C=O) groups is 1. The van der Waals surface area contributed by atoms with Crippen LogP contribution in [0, 0.1) is 5.41 Å². The summed E-state index contributed by atoms with van der Waals surface area (Å²) < 4.78 is 10.9. The maximum Gasteiger partial charge on any atom is 0.312 e. The first-order valence-electron chi connectivity index (χ1n) is 6.02. The van der Waals surface area contributed by atoms with E-state index in [0.717, 1.165) is 15.8 Å². The molecule has 0 bridgehead atoms. The Morgan fingerprint density at radius 3 is 2.58 bits per heavy atom. The van der Waals surface area contributed by atoms with Crippen LogP contribution in [0.25, 0.3) is 0 Å². The maximum absolute atomic E-state index is 11.5. The molecule has 1 aromatic rings. The van der Waals surface area contributed by atoms with E-state index in [1.807, 2.05) is 32.0 Å². The molecule has 0 saturated heterocycles. The molecule has 0 aromatic heterocycles. The van der Waals surface area contributed by atoms with Crippen molar-refractivity contribution >= 4 is 21.9 Å². The van der Waals surface area contributed by atoms with Crippen LogP contribution in [0.1, 0.15) is 19.4 Å². The Bertz CT molecular complexity index is 446. The highest BCUT2D eigenvalue weighted by Crippen LogP contribution is 2.25. The zero-order chi connectivity index (χ0) is 14.5. The van der Waals surface area contributed by atoms with Crippen molar-refractivity contribution in [1.29, 1.82) is 0 Å². The topological polar surface area (TPSA) is 47.6 Å². The van der Waals surface area contributed by atoms with Crippen molar-refractivity contribution in [3.8, 4) is 5.75 Å². The van der Waals surface area contributed by atoms with Crippen molar-refractivity contribution in [3.05, 3.63) is 28.2 Å². The van der Waals surface area contributed by atoms with Gasteiger partial charge in [-0.1, -0.05) is 6.07 Å². The van der Waals surface area contributed by atoms with Gasteiger partial charge in [0.05, 0.1) is 24.1 Å². The lowest BCUT2D eigenvalue weighted by atomic mass is 9.94. The van der Waals surface area contributed by atoms with Crippen LogP contribution in [0.3, 0.4) is 0 Å². The molecule has 0 unspecified atom stereocenters. The molecule has 0 aliphatic rings. The highest BCUT2D eigenvalue weighted by Gasteiger charge is 2.27. The molecule has 0 fully saturated rings. The normalized spacial score (nSPS) is 11.2. The van der Waals surface area contributed by atoms with E-state index in [-0.39, 0.29) is 5.97 Å². The van der Waals surface area contributed by atoms with Crippen LogP contribution in [0.15, 0.2) is 22.7 Å². The molecule has 1 aromatic carbocycles. The van der Waals surface area contributed by atoms with Crippen LogP contribution in [-0.2, 0) is 16.1 Å². The summed E-state index contributed by atoms with van der Waals surface area (Å²) >= 11 is 3.45. The predicted octanol–water partition coefficient (Wildman–Crippen LogP) is 2.75. The second-order valence-corrected chi connectivity index (χ2v) is 5.80. The van der Waals surface area contributed by atoms with Crippen LogP contribution >= 0.6 is 15.9 Å². The van der Waals surface area contributed by atoms with E-state index in [9.17, 15) is 4.79 Å². The molecule has 5 heteroatoms. The van der Waals surface area contributed by atoms with Crippen molar-refractivity contribution in [2.45, 2.75) is 20.4 Å². The molecule has 4 nitrogen and oxygen atoms in total. The van der Waals surface area contributed by atoms with E-state index < -0.39 is 5.41 Å². The number of halogens is 1. The molecule has 0 saturated carbocycles. The van der Waals surface area contributed by atoms with Crippen molar-refractivity contribution in [3.63, 3.8) is 0 Å². The Balaban J connectivity index is 2.54. The van der Waals surface area contributed by atoms with E-state index in [0.29, 0.717) is 13.1 Å². The Morgan fingerprint density at radius 2 is 2.05 bits per heavy atom. The van der Waals surface area contributed by atoms with Gasteiger partial charge in [0, 0.05) is 13.1 Å². The first-order chi connectivity index (χ1) is 8.90. The second kappa shape index (κ2) is 6.91. The molecule has 19 heavy (non-hydrogen) atoms. The molecule has 0 heterocycles. The minimum Gasteiger partial charge on any atom is -0.496 e. The summed E-state index contributed by atoms with van der Waals surface area (Å²) in [4.78, 5) is 11.5. The van der Waals surface area contributed by atoms with Crippen molar-refractivity contribution in [2.24, 2.45) is 5.41 Å². The van der Waals surface area contributed by atoms with Crippen molar-refractivity contribution in [1.82, 2.24) is 5.32 Å². The van der Waals surface area contributed by atoms with Crippen LogP contribution in [0.5, 0.6) is 5.75 Å². The minimum absolute atomic E-state index is 0.212. The number of carbonyl (C=O) groups excluding carboxylic acids is 1. The number of methoxy groups -OCH3 is 2. The van der Waals surface area contributed by atoms with Gasteiger partial charge >= 0.3 is 5.97 Å². The van der Waals surface area contributed by atoms with Gasteiger partial charge in [0.2, 0.25) is 0 Å². The molecule has 106 valence electrons. The van der Waals surface area contributed by atoms with Gasteiger partial charge in [-0.3, -0.25) is 4.79 Å². The third-order valence-electron chi connectivity index (χ3n) is 2.85. The lowest BCUT2D eigenvalue weighted by molar-refractivity contribution is -0.150. The third kappa shape index (κ3) is 4.51. The summed E-state index contributed by atoms with van der Waals surface area (Å²) in [7, 11) is 3.04. The summed E-state index contributed by atoms with van der Waals surface area (Å²) in [5, 5.41) is 3.26. The summed E-state index contributed by atoms with van der Waals surface area (Å²) in [6, 6.07) is 5.89. The van der Waals surface area contributed by atoms with E-state index >= 15 is 0 Å². The van der Waals surface area contributed by atoms with Gasteiger partial charge in [0.1, 0.15) is 5.75 Å². The highest BCUT2D eigenvalue weighted by molar-refractivity contribution is 9.10. The van der Waals surface area contributed by atoms with E-state index in [1.54, 1.807) is 7.11 Å². The molecule has 0 spiro atoms. The fourth-order valence-corrected chi connectivity index (χ4v) is 2.28. The van der Waals surface area contributed by atoms with Crippen molar-refractivity contribution in [2.75, 3.05) is 20.8 Å². The van der Waals surface area contributed by atoms with Gasteiger partial charge in [-0.05, 0) is 47.5 Å².